The predicted molar refractivity (Wildman–Crippen MR) is 106 cm³/mol. The normalized spacial score (nSPS) is 10.4. The fourth-order valence-corrected chi connectivity index (χ4v) is 2.55. The first kappa shape index (κ1) is 18.9. The van der Waals surface area contributed by atoms with Crippen molar-refractivity contribution in [2.24, 2.45) is 0 Å². The van der Waals surface area contributed by atoms with Gasteiger partial charge in [-0.3, -0.25) is 4.79 Å². The number of nitrogens with one attached hydrogen (secondary N) is 2. The van der Waals surface area contributed by atoms with E-state index >= 15 is 0 Å². The number of carbonyl (C=O) groups is 1. The molecule has 2 N–H and O–H groups in total. The van der Waals surface area contributed by atoms with E-state index in [4.69, 9.17) is 20.8 Å². The van der Waals surface area contributed by atoms with Crippen LogP contribution in [0.1, 0.15) is 17.7 Å². The van der Waals surface area contributed by atoms with Crippen LogP contribution < -0.4 is 15.4 Å². The van der Waals surface area contributed by atoms with Crippen molar-refractivity contribution < 1.29 is 13.9 Å². The highest BCUT2D eigenvalue weighted by Gasteiger charge is 2.03. The summed E-state index contributed by atoms with van der Waals surface area (Å²) in [5.74, 6) is 1.50. The van der Waals surface area contributed by atoms with Crippen molar-refractivity contribution in [3.05, 3.63) is 83.3 Å². The van der Waals surface area contributed by atoms with Crippen LogP contribution in [0.2, 0.25) is 5.02 Å². The van der Waals surface area contributed by atoms with Gasteiger partial charge in [0.15, 0.2) is 0 Å². The lowest BCUT2D eigenvalue weighted by molar-refractivity contribution is -0.121. The minimum absolute atomic E-state index is 0.0261. The summed E-state index contributed by atoms with van der Waals surface area (Å²) in [6, 6.07) is 18.8. The second-order valence-electron chi connectivity index (χ2n) is 5.97. The van der Waals surface area contributed by atoms with E-state index in [0.717, 1.165) is 22.8 Å². The van der Waals surface area contributed by atoms with E-state index in [-0.39, 0.29) is 5.91 Å². The molecule has 2 aromatic carbocycles. The Hall–Kier alpha value is -2.92. The van der Waals surface area contributed by atoms with Crippen LogP contribution in [-0.2, 0) is 17.9 Å². The fourth-order valence-electron chi connectivity index (χ4n) is 2.42. The molecule has 1 aromatic heterocycles. The molecule has 1 amide bonds. The van der Waals surface area contributed by atoms with Crippen molar-refractivity contribution in [1.82, 2.24) is 5.32 Å². The van der Waals surface area contributed by atoms with Gasteiger partial charge in [0.2, 0.25) is 5.91 Å². The van der Waals surface area contributed by atoms with Gasteiger partial charge in [-0.25, -0.2) is 0 Å². The molecule has 5 nitrogen and oxygen atoms in total. The number of ether oxygens (including phenoxy) is 1. The molecule has 0 fully saturated rings. The van der Waals surface area contributed by atoms with E-state index in [2.05, 4.69) is 10.6 Å². The molecule has 6 heteroatoms. The van der Waals surface area contributed by atoms with Crippen molar-refractivity contribution in [3.8, 4) is 5.75 Å². The lowest BCUT2D eigenvalue weighted by atomic mass is 10.2. The third-order valence-corrected chi connectivity index (χ3v) is 4.15. The standard InChI is InChI=1S/C21H21ClN2O3/c22-17-5-3-16(4-6-17)15-27-19-9-7-18(8-10-19)23-12-11-21(25)24-14-20-2-1-13-26-20/h1-10,13,23H,11-12,14-15H2,(H,24,25). The average Bonchev–Trinajstić information content (AvgIpc) is 3.21. The van der Waals surface area contributed by atoms with E-state index in [1.54, 1.807) is 12.3 Å². The van der Waals surface area contributed by atoms with Gasteiger partial charge in [0.1, 0.15) is 18.1 Å². The number of halogens is 1. The summed E-state index contributed by atoms with van der Waals surface area (Å²) in [7, 11) is 0. The molecule has 140 valence electrons. The first-order valence-corrected chi connectivity index (χ1v) is 9.07. The summed E-state index contributed by atoms with van der Waals surface area (Å²) in [6.07, 6.45) is 1.97. The number of furan rings is 1. The Morgan fingerprint density at radius 2 is 1.81 bits per heavy atom. The van der Waals surface area contributed by atoms with E-state index in [1.807, 2.05) is 54.6 Å². The van der Waals surface area contributed by atoms with Gasteiger partial charge in [-0.15, -0.1) is 0 Å². The van der Waals surface area contributed by atoms with E-state index in [1.165, 1.54) is 0 Å². The van der Waals surface area contributed by atoms with Crippen LogP contribution in [0.4, 0.5) is 5.69 Å². The predicted octanol–water partition coefficient (Wildman–Crippen LogP) is 4.63. The number of hydrogen-bond acceptors (Lipinski definition) is 4. The average molecular weight is 385 g/mol. The first-order chi connectivity index (χ1) is 13.2. The third-order valence-electron chi connectivity index (χ3n) is 3.89. The van der Waals surface area contributed by atoms with E-state index < -0.39 is 0 Å². The maximum atomic E-state index is 11.8. The van der Waals surface area contributed by atoms with Gasteiger partial charge >= 0.3 is 0 Å². The molecule has 0 aliphatic heterocycles. The molecule has 3 rings (SSSR count). The summed E-state index contributed by atoms with van der Waals surface area (Å²) in [5, 5.41) is 6.75. The molecule has 0 unspecified atom stereocenters. The summed E-state index contributed by atoms with van der Waals surface area (Å²) >= 11 is 5.87. The van der Waals surface area contributed by atoms with Crippen molar-refractivity contribution in [2.75, 3.05) is 11.9 Å². The molecule has 3 aromatic rings. The molecule has 0 aliphatic rings. The molecule has 0 spiro atoms. The molecular formula is C21H21ClN2O3. The van der Waals surface area contributed by atoms with Crippen LogP contribution in [0.5, 0.6) is 5.75 Å². The second kappa shape index (κ2) is 9.69. The fraction of sp³-hybridized carbons (Fsp3) is 0.190. The summed E-state index contributed by atoms with van der Waals surface area (Å²) in [6.45, 7) is 1.44. The van der Waals surface area contributed by atoms with Crippen molar-refractivity contribution in [1.29, 1.82) is 0 Å². The van der Waals surface area contributed by atoms with Gasteiger partial charge in [0.05, 0.1) is 12.8 Å². The maximum Gasteiger partial charge on any atom is 0.222 e. The van der Waals surface area contributed by atoms with Gasteiger partial charge in [-0.2, -0.15) is 0 Å². The van der Waals surface area contributed by atoms with Crippen LogP contribution in [0.25, 0.3) is 0 Å². The highest BCUT2D eigenvalue weighted by molar-refractivity contribution is 6.30. The van der Waals surface area contributed by atoms with Crippen LogP contribution in [0.3, 0.4) is 0 Å². The van der Waals surface area contributed by atoms with Crippen molar-refractivity contribution in [2.45, 2.75) is 19.6 Å². The van der Waals surface area contributed by atoms with Crippen LogP contribution in [0, 0.1) is 0 Å². The van der Waals surface area contributed by atoms with Gasteiger partial charge in [-0.05, 0) is 54.1 Å². The Morgan fingerprint density at radius 3 is 2.52 bits per heavy atom. The highest BCUT2D eigenvalue weighted by Crippen LogP contribution is 2.18. The summed E-state index contributed by atoms with van der Waals surface area (Å²) in [4.78, 5) is 11.8. The molecule has 0 atom stereocenters. The largest absolute Gasteiger partial charge is 0.489 e. The molecule has 0 aliphatic carbocycles. The van der Waals surface area contributed by atoms with Crippen molar-refractivity contribution >= 4 is 23.2 Å². The molecule has 0 radical (unpaired) electrons. The van der Waals surface area contributed by atoms with Gasteiger partial charge in [-0.1, -0.05) is 23.7 Å². The van der Waals surface area contributed by atoms with Gasteiger partial charge in [0.25, 0.3) is 0 Å². The molecule has 0 saturated heterocycles. The maximum absolute atomic E-state index is 11.8. The number of amides is 1. The Kier molecular flexibility index (Phi) is 6.77. The number of carbonyl (C=O) groups excluding carboxylic acids is 1. The molecule has 27 heavy (non-hydrogen) atoms. The highest BCUT2D eigenvalue weighted by atomic mass is 35.5. The molecule has 1 heterocycles. The van der Waals surface area contributed by atoms with Gasteiger partial charge in [0, 0.05) is 23.7 Å². The zero-order valence-corrected chi connectivity index (χ0v) is 15.5. The lowest BCUT2D eigenvalue weighted by Crippen LogP contribution is -2.24. The number of benzene rings is 2. The van der Waals surface area contributed by atoms with Crippen molar-refractivity contribution in [3.63, 3.8) is 0 Å². The number of anilines is 1. The van der Waals surface area contributed by atoms with Crippen LogP contribution in [0.15, 0.2) is 71.3 Å². The Balaban J connectivity index is 1.36. The molecular weight excluding hydrogens is 364 g/mol. The smallest absolute Gasteiger partial charge is 0.222 e. The second-order valence-corrected chi connectivity index (χ2v) is 6.41. The van der Waals surface area contributed by atoms with Gasteiger partial charge < -0.3 is 19.8 Å². The molecule has 0 bridgehead atoms. The monoisotopic (exact) mass is 384 g/mol. The Bertz CT molecular complexity index is 831. The van der Waals surface area contributed by atoms with Crippen LogP contribution >= 0.6 is 11.6 Å². The minimum atomic E-state index is -0.0261. The van der Waals surface area contributed by atoms with Crippen LogP contribution in [-0.4, -0.2) is 12.5 Å². The minimum Gasteiger partial charge on any atom is -0.489 e. The number of hydrogen-bond donors (Lipinski definition) is 2. The SMILES string of the molecule is O=C(CCNc1ccc(OCc2ccc(Cl)cc2)cc1)NCc1ccco1. The van der Waals surface area contributed by atoms with E-state index in [9.17, 15) is 4.79 Å². The zero-order chi connectivity index (χ0) is 18.9. The lowest BCUT2D eigenvalue weighted by Gasteiger charge is -2.09. The Morgan fingerprint density at radius 1 is 1.04 bits per heavy atom. The zero-order valence-electron chi connectivity index (χ0n) is 14.8. The third kappa shape index (κ3) is 6.38. The first-order valence-electron chi connectivity index (χ1n) is 8.69. The Labute approximate surface area is 163 Å². The summed E-state index contributed by atoms with van der Waals surface area (Å²) in [5.41, 5.74) is 2.00. The van der Waals surface area contributed by atoms with E-state index in [0.29, 0.717) is 31.1 Å². The quantitative estimate of drug-likeness (QED) is 0.564. The number of rotatable bonds is 9. The summed E-state index contributed by atoms with van der Waals surface area (Å²) < 4.78 is 10.9. The molecule has 0 saturated carbocycles. The topological polar surface area (TPSA) is 63.5 Å².